The molecule has 1 fully saturated rings. The first kappa shape index (κ1) is 11.3. The molecule has 88 valence electrons. The molecule has 1 saturated heterocycles. The monoisotopic (exact) mass is 242 g/mol. The molecular weight excluding hydrogens is 228 g/mol. The molecule has 2 heterocycles. The molecule has 1 aromatic heterocycles. The first-order valence-corrected chi connectivity index (χ1v) is 5.54. The number of aromatic amines is 1. The molecule has 16 heavy (non-hydrogen) atoms. The van der Waals surface area contributed by atoms with Crippen LogP contribution < -0.4 is 11.3 Å². The number of carbonyl (C=O) groups excluding carboxylic acids is 1. The number of nitrogens with two attached hydrogens (primary N) is 1. The maximum atomic E-state index is 11.5. The number of carbonyl (C=O) groups is 1. The van der Waals surface area contributed by atoms with Gasteiger partial charge in [0.1, 0.15) is 5.69 Å². The van der Waals surface area contributed by atoms with Gasteiger partial charge in [-0.25, -0.2) is 5.84 Å². The molecule has 0 spiro atoms. The molecule has 4 N–H and O–H groups in total. The van der Waals surface area contributed by atoms with Gasteiger partial charge in [-0.15, -0.1) is 0 Å². The summed E-state index contributed by atoms with van der Waals surface area (Å²) in [4.78, 5) is 14.3. The Labute approximate surface area is 97.7 Å². The van der Waals surface area contributed by atoms with Crippen LogP contribution in [0.2, 0.25) is 0 Å². The van der Waals surface area contributed by atoms with Gasteiger partial charge in [0.05, 0.1) is 12.6 Å². The summed E-state index contributed by atoms with van der Waals surface area (Å²) >= 11 is 5.11. The number of rotatable bonds is 3. The third-order valence-corrected chi connectivity index (χ3v) is 2.98. The van der Waals surface area contributed by atoms with Gasteiger partial charge in [-0.2, -0.15) is 0 Å². The maximum Gasteiger partial charge on any atom is 0.283 e. The molecule has 6 nitrogen and oxygen atoms in total. The van der Waals surface area contributed by atoms with Gasteiger partial charge in [0.25, 0.3) is 5.91 Å². The number of hydrogen-bond donors (Lipinski definition) is 3. The van der Waals surface area contributed by atoms with Crippen molar-refractivity contribution < 1.29 is 9.53 Å². The summed E-state index contributed by atoms with van der Waals surface area (Å²) in [5.74, 6) is 4.74. The molecule has 0 aliphatic carbocycles. The number of amides is 1. The Morgan fingerprint density at radius 3 is 3.25 bits per heavy atom. The molecule has 1 aromatic rings. The molecule has 0 unspecified atom stereocenters. The number of hydrazine groups is 1. The lowest BCUT2D eigenvalue weighted by Crippen LogP contribution is -2.32. The lowest BCUT2D eigenvalue weighted by Gasteiger charge is -2.12. The standard InChI is InChI=1S/C9H14N4O2S/c10-12-8(14)7-4-11-9(16)13(7)5-6-2-1-3-15-6/h4,6H,1-3,5,10H2,(H,11,16)(H,12,14)/t6-/m0/s1. The summed E-state index contributed by atoms with van der Waals surface area (Å²) in [7, 11) is 0. The first-order chi connectivity index (χ1) is 7.72. The van der Waals surface area contributed by atoms with E-state index in [1.54, 1.807) is 10.8 Å². The highest BCUT2D eigenvalue weighted by Gasteiger charge is 2.19. The molecule has 2 rings (SSSR count). The minimum atomic E-state index is -0.356. The topological polar surface area (TPSA) is 85.1 Å². The van der Waals surface area contributed by atoms with Gasteiger partial charge in [-0.1, -0.05) is 0 Å². The van der Waals surface area contributed by atoms with Crippen molar-refractivity contribution in [1.29, 1.82) is 0 Å². The van der Waals surface area contributed by atoms with Crippen LogP contribution in [0.3, 0.4) is 0 Å². The van der Waals surface area contributed by atoms with Crippen molar-refractivity contribution in [3.8, 4) is 0 Å². The average Bonchev–Trinajstić information content (AvgIpc) is 2.90. The van der Waals surface area contributed by atoms with Gasteiger partial charge < -0.3 is 14.3 Å². The normalized spacial score (nSPS) is 19.9. The molecular formula is C9H14N4O2S. The Balaban J connectivity index is 2.21. The third kappa shape index (κ3) is 2.16. The fourth-order valence-corrected chi connectivity index (χ4v) is 2.06. The van der Waals surface area contributed by atoms with Gasteiger partial charge in [0, 0.05) is 12.8 Å². The fraction of sp³-hybridized carbons (Fsp3) is 0.556. The highest BCUT2D eigenvalue weighted by molar-refractivity contribution is 7.71. The highest BCUT2D eigenvalue weighted by Crippen LogP contribution is 2.15. The Bertz CT molecular complexity index is 433. The third-order valence-electron chi connectivity index (χ3n) is 2.64. The number of ether oxygens (including phenoxy) is 1. The van der Waals surface area contributed by atoms with Gasteiger partial charge in [0.15, 0.2) is 4.77 Å². The molecule has 0 radical (unpaired) electrons. The number of nitrogens with zero attached hydrogens (tertiary/aromatic N) is 1. The molecule has 0 saturated carbocycles. The second-order valence-corrected chi connectivity index (χ2v) is 4.08. The molecule has 7 heteroatoms. The zero-order valence-corrected chi connectivity index (χ0v) is 9.55. The zero-order valence-electron chi connectivity index (χ0n) is 8.73. The number of nitrogen functional groups attached to an aromatic ring is 1. The van der Waals surface area contributed by atoms with Crippen molar-refractivity contribution in [2.45, 2.75) is 25.5 Å². The van der Waals surface area contributed by atoms with Gasteiger partial charge in [0.2, 0.25) is 0 Å². The molecule has 1 aliphatic heterocycles. The van der Waals surface area contributed by atoms with E-state index in [0.717, 1.165) is 19.4 Å². The Morgan fingerprint density at radius 2 is 2.62 bits per heavy atom. The van der Waals surface area contributed by atoms with Crippen molar-refractivity contribution in [1.82, 2.24) is 15.0 Å². The Morgan fingerprint density at radius 1 is 1.81 bits per heavy atom. The zero-order chi connectivity index (χ0) is 11.5. The number of aromatic nitrogens is 2. The SMILES string of the molecule is NNC(=O)c1c[nH]c(=S)n1C[C@@H]1CCCO1. The average molecular weight is 242 g/mol. The van der Waals surface area contributed by atoms with E-state index in [9.17, 15) is 4.79 Å². The maximum absolute atomic E-state index is 11.5. The second-order valence-electron chi connectivity index (χ2n) is 3.70. The van der Waals surface area contributed by atoms with Crippen molar-refractivity contribution in [3.05, 3.63) is 16.7 Å². The predicted molar refractivity (Wildman–Crippen MR) is 60.2 cm³/mol. The summed E-state index contributed by atoms with van der Waals surface area (Å²) < 4.78 is 7.73. The van der Waals surface area contributed by atoms with Crippen LogP contribution in [0.4, 0.5) is 0 Å². The number of nitrogens with one attached hydrogen (secondary N) is 2. The van der Waals surface area contributed by atoms with Crippen LogP contribution >= 0.6 is 12.2 Å². The van der Waals surface area contributed by atoms with Crippen molar-refractivity contribution in [2.24, 2.45) is 5.84 Å². The number of imidazole rings is 1. The Hall–Kier alpha value is -1.18. The van der Waals surface area contributed by atoms with Crippen LogP contribution in [-0.4, -0.2) is 28.2 Å². The van der Waals surface area contributed by atoms with E-state index in [4.69, 9.17) is 22.8 Å². The van der Waals surface area contributed by atoms with Crippen LogP contribution in [0, 0.1) is 4.77 Å². The molecule has 1 aliphatic rings. The minimum Gasteiger partial charge on any atom is -0.376 e. The molecule has 0 bridgehead atoms. The van der Waals surface area contributed by atoms with Crippen LogP contribution in [0.25, 0.3) is 0 Å². The van der Waals surface area contributed by atoms with Gasteiger partial charge >= 0.3 is 0 Å². The van der Waals surface area contributed by atoms with Gasteiger partial charge in [-0.05, 0) is 25.1 Å². The van der Waals surface area contributed by atoms with Crippen molar-refractivity contribution >= 4 is 18.1 Å². The largest absolute Gasteiger partial charge is 0.376 e. The fourth-order valence-electron chi connectivity index (χ4n) is 1.83. The number of H-pyrrole nitrogens is 1. The van der Waals surface area contributed by atoms with E-state index in [0.29, 0.717) is 17.0 Å². The van der Waals surface area contributed by atoms with Crippen LogP contribution in [0.5, 0.6) is 0 Å². The van der Waals surface area contributed by atoms with Crippen LogP contribution in [0.1, 0.15) is 23.3 Å². The van der Waals surface area contributed by atoms with E-state index in [-0.39, 0.29) is 12.0 Å². The predicted octanol–water partition coefficient (Wildman–Crippen LogP) is 0.328. The first-order valence-electron chi connectivity index (χ1n) is 5.13. The smallest absolute Gasteiger partial charge is 0.283 e. The van der Waals surface area contributed by atoms with Crippen LogP contribution in [-0.2, 0) is 11.3 Å². The molecule has 1 atom stereocenters. The lowest BCUT2D eigenvalue weighted by atomic mass is 10.2. The molecule has 1 amide bonds. The van der Waals surface area contributed by atoms with E-state index in [2.05, 4.69) is 10.4 Å². The summed E-state index contributed by atoms with van der Waals surface area (Å²) in [6.45, 7) is 1.37. The highest BCUT2D eigenvalue weighted by atomic mass is 32.1. The summed E-state index contributed by atoms with van der Waals surface area (Å²) in [5, 5.41) is 0. The minimum absolute atomic E-state index is 0.131. The van der Waals surface area contributed by atoms with E-state index < -0.39 is 0 Å². The lowest BCUT2D eigenvalue weighted by molar-refractivity contribution is 0.0894. The quantitative estimate of drug-likeness (QED) is 0.308. The van der Waals surface area contributed by atoms with E-state index in [1.807, 2.05) is 0 Å². The Kier molecular flexibility index (Phi) is 3.37. The molecule has 0 aromatic carbocycles. The van der Waals surface area contributed by atoms with E-state index >= 15 is 0 Å². The van der Waals surface area contributed by atoms with Gasteiger partial charge in [-0.3, -0.25) is 10.2 Å². The summed E-state index contributed by atoms with van der Waals surface area (Å²) in [5.41, 5.74) is 2.53. The van der Waals surface area contributed by atoms with Crippen molar-refractivity contribution in [3.63, 3.8) is 0 Å². The van der Waals surface area contributed by atoms with Crippen LogP contribution in [0.15, 0.2) is 6.20 Å². The second kappa shape index (κ2) is 4.77. The summed E-state index contributed by atoms with van der Waals surface area (Å²) in [6, 6.07) is 0. The number of hydrogen-bond acceptors (Lipinski definition) is 4. The van der Waals surface area contributed by atoms with E-state index in [1.165, 1.54) is 0 Å². The summed E-state index contributed by atoms with van der Waals surface area (Å²) in [6.07, 6.45) is 3.74. The van der Waals surface area contributed by atoms with Crippen molar-refractivity contribution in [2.75, 3.05) is 6.61 Å².